The maximum Gasteiger partial charge on any atom is 0.119 e. The molecular formula is C12H17NO. The van der Waals surface area contributed by atoms with Gasteiger partial charge in [0.25, 0.3) is 0 Å². The van der Waals surface area contributed by atoms with Crippen molar-refractivity contribution in [1.82, 2.24) is 4.90 Å². The van der Waals surface area contributed by atoms with E-state index in [9.17, 15) is 0 Å². The van der Waals surface area contributed by atoms with Gasteiger partial charge in [0.1, 0.15) is 11.9 Å². The molecule has 0 aromatic heterocycles. The fraction of sp³-hybridized carbons (Fsp3) is 0.500. The van der Waals surface area contributed by atoms with Gasteiger partial charge in [-0.15, -0.1) is 0 Å². The van der Waals surface area contributed by atoms with Crippen molar-refractivity contribution in [3.63, 3.8) is 0 Å². The summed E-state index contributed by atoms with van der Waals surface area (Å²) in [6.45, 7) is 2.25. The monoisotopic (exact) mass is 191 g/mol. The van der Waals surface area contributed by atoms with Gasteiger partial charge in [-0.05, 0) is 38.6 Å². The van der Waals surface area contributed by atoms with E-state index >= 15 is 0 Å². The number of likely N-dealkylation sites (tertiary alicyclic amines) is 1. The molecule has 2 nitrogen and oxygen atoms in total. The van der Waals surface area contributed by atoms with Crippen molar-refractivity contribution in [3.8, 4) is 5.75 Å². The van der Waals surface area contributed by atoms with Crippen molar-refractivity contribution < 1.29 is 4.74 Å². The summed E-state index contributed by atoms with van der Waals surface area (Å²) in [5.74, 6) is 0.993. The molecule has 0 radical (unpaired) electrons. The molecule has 2 rings (SSSR count). The van der Waals surface area contributed by atoms with Crippen molar-refractivity contribution >= 4 is 0 Å². The van der Waals surface area contributed by atoms with Gasteiger partial charge < -0.3 is 9.64 Å². The van der Waals surface area contributed by atoms with Gasteiger partial charge in [-0.2, -0.15) is 0 Å². The first kappa shape index (κ1) is 9.53. The van der Waals surface area contributed by atoms with Gasteiger partial charge in [-0.1, -0.05) is 18.2 Å². The smallest absolute Gasteiger partial charge is 0.119 e. The zero-order valence-electron chi connectivity index (χ0n) is 8.65. The summed E-state index contributed by atoms with van der Waals surface area (Å²) in [6.07, 6.45) is 2.80. The number of hydrogen-bond donors (Lipinski definition) is 0. The molecule has 0 saturated carbocycles. The second-order valence-corrected chi connectivity index (χ2v) is 3.96. The highest BCUT2D eigenvalue weighted by Gasteiger charge is 2.17. The molecule has 2 heteroatoms. The van der Waals surface area contributed by atoms with Gasteiger partial charge in [0, 0.05) is 6.54 Å². The summed E-state index contributed by atoms with van der Waals surface area (Å²) in [4.78, 5) is 2.33. The van der Waals surface area contributed by atoms with E-state index in [0.29, 0.717) is 6.10 Å². The van der Waals surface area contributed by atoms with Crippen LogP contribution in [0.15, 0.2) is 30.3 Å². The number of likely N-dealkylation sites (N-methyl/N-ethyl adjacent to an activating group) is 1. The fourth-order valence-corrected chi connectivity index (χ4v) is 1.91. The van der Waals surface area contributed by atoms with E-state index in [-0.39, 0.29) is 0 Å². The van der Waals surface area contributed by atoms with E-state index < -0.39 is 0 Å². The molecule has 1 fully saturated rings. The Hall–Kier alpha value is -1.02. The predicted molar refractivity (Wildman–Crippen MR) is 57.6 cm³/mol. The highest BCUT2D eigenvalue weighted by atomic mass is 16.5. The predicted octanol–water partition coefficient (Wildman–Crippen LogP) is 2.16. The van der Waals surface area contributed by atoms with Crippen LogP contribution in [0.4, 0.5) is 0 Å². The lowest BCUT2D eigenvalue weighted by Gasteiger charge is -2.29. The average Bonchev–Trinajstić information content (AvgIpc) is 2.19. The van der Waals surface area contributed by atoms with E-state index in [1.807, 2.05) is 30.3 Å². The minimum absolute atomic E-state index is 0.371. The zero-order chi connectivity index (χ0) is 9.80. The van der Waals surface area contributed by atoms with Crippen LogP contribution in [0.1, 0.15) is 12.8 Å². The molecule has 76 valence electrons. The fourth-order valence-electron chi connectivity index (χ4n) is 1.91. The van der Waals surface area contributed by atoms with E-state index in [4.69, 9.17) is 4.74 Å². The second-order valence-electron chi connectivity index (χ2n) is 3.96. The molecular weight excluding hydrogens is 174 g/mol. The van der Waals surface area contributed by atoms with E-state index in [0.717, 1.165) is 12.3 Å². The van der Waals surface area contributed by atoms with Gasteiger partial charge in [0.15, 0.2) is 0 Å². The van der Waals surface area contributed by atoms with Gasteiger partial charge in [-0.25, -0.2) is 0 Å². The largest absolute Gasteiger partial charge is 0.489 e. The van der Waals surface area contributed by atoms with Crippen LogP contribution in [0, 0.1) is 0 Å². The lowest BCUT2D eigenvalue weighted by Crippen LogP contribution is -2.38. The number of benzene rings is 1. The van der Waals surface area contributed by atoms with Crippen molar-refractivity contribution in [2.75, 3.05) is 20.1 Å². The van der Waals surface area contributed by atoms with Crippen molar-refractivity contribution in [1.29, 1.82) is 0 Å². The van der Waals surface area contributed by atoms with E-state index in [1.165, 1.54) is 19.4 Å². The first-order valence-electron chi connectivity index (χ1n) is 5.25. The summed E-state index contributed by atoms with van der Waals surface area (Å²) < 4.78 is 5.88. The highest BCUT2D eigenvalue weighted by molar-refractivity contribution is 5.21. The molecule has 1 atom stereocenters. The standard InChI is InChI=1S/C12H17NO/c1-13-9-5-8-12(10-13)14-11-6-3-2-4-7-11/h2-4,6-7,12H,5,8-10H2,1H3/t12-/m0/s1. The Labute approximate surface area is 85.5 Å². The SMILES string of the molecule is CN1CCC[C@H](Oc2ccccc2)C1. The lowest BCUT2D eigenvalue weighted by atomic mass is 10.1. The molecule has 1 aliphatic heterocycles. The van der Waals surface area contributed by atoms with Crippen LogP contribution < -0.4 is 4.74 Å². The van der Waals surface area contributed by atoms with E-state index in [1.54, 1.807) is 0 Å². The van der Waals surface area contributed by atoms with Crippen molar-refractivity contribution in [2.24, 2.45) is 0 Å². The van der Waals surface area contributed by atoms with Crippen LogP contribution in [-0.4, -0.2) is 31.1 Å². The Kier molecular flexibility index (Phi) is 3.04. The van der Waals surface area contributed by atoms with Crippen LogP contribution in [0.25, 0.3) is 0 Å². The summed E-state index contributed by atoms with van der Waals surface area (Å²) in [7, 11) is 2.15. The first-order valence-corrected chi connectivity index (χ1v) is 5.25. The quantitative estimate of drug-likeness (QED) is 0.710. The Balaban J connectivity index is 1.91. The summed E-state index contributed by atoms with van der Waals surface area (Å²) >= 11 is 0. The maximum atomic E-state index is 5.88. The molecule has 1 aromatic carbocycles. The topological polar surface area (TPSA) is 12.5 Å². The minimum atomic E-state index is 0.371. The number of rotatable bonds is 2. The molecule has 1 heterocycles. The van der Waals surface area contributed by atoms with Crippen LogP contribution in [0.5, 0.6) is 5.75 Å². The minimum Gasteiger partial charge on any atom is -0.489 e. The van der Waals surface area contributed by atoms with Crippen molar-refractivity contribution in [2.45, 2.75) is 18.9 Å². The van der Waals surface area contributed by atoms with Crippen molar-refractivity contribution in [3.05, 3.63) is 30.3 Å². The van der Waals surface area contributed by atoms with Gasteiger partial charge in [0.05, 0.1) is 0 Å². The third-order valence-electron chi connectivity index (χ3n) is 2.63. The summed E-state index contributed by atoms with van der Waals surface area (Å²) in [5.41, 5.74) is 0. The summed E-state index contributed by atoms with van der Waals surface area (Å²) in [5, 5.41) is 0. The highest BCUT2D eigenvalue weighted by Crippen LogP contribution is 2.16. The van der Waals surface area contributed by atoms with Crippen LogP contribution in [0.3, 0.4) is 0 Å². The molecule has 0 bridgehead atoms. The first-order chi connectivity index (χ1) is 6.84. The molecule has 14 heavy (non-hydrogen) atoms. The molecule has 0 amide bonds. The third kappa shape index (κ3) is 2.48. The van der Waals surface area contributed by atoms with Gasteiger partial charge >= 0.3 is 0 Å². The average molecular weight is 191 g/mol. The third-order valence-corrected chi connectivity index (χ3v) is 2.63. The number of ether oxygens (including phenoxy) is 1. The molecule has 0 aliphatic carbocycles. The number of hydrogen-bond acceptors (Lipinski definition) is 2. The van der Waals surface area contributed by atoms with Gasteiger partial charge in [-0.3, -0.25) is 0 Å². The molecule has 0 N–H and O–H groups in total. The molecule has 1 aliphatic rings. The Morgan fingerprint density at radius 3 is 2.79 bits per heavy atom. The Bertz CT molecular complexity index is 273. The molecule has 0 unspecified atom stereocenters. The van der Waals surface area contributed by atoms with Crippen LogP contribution in [0.2, 0.25) is 0 Å². The van der Waals surface area contributed by atoms with Crippen LogP contribution in [-0.2, 0) is 0 Å². The normalized spacial score (nSPS) is 23.4. The van der Waals surface area contributed by atoms with E-state index in [2.05, 4.69) is 11.9 Å². The number of nitrogens with zero attached hydrogens (tertiary/aromatic N) is 1. The second kappa shape index (κ2) is 4.47. The molecule has 1 saturated heterocycles. The van der Waals surface area contributed by atoms with Crippen LogP contribution >= 0.6 is 0 Å². The number of para-hydroxylation sites is 1. The number of piperidine rings is 1. The Morgan fingerprint density at radius 2 is 2.07 bits per heavy atom. The lowest BCUT2D eigenvalue weighted by molar-refractivity contribution is 0.104. The molecule has 0 spiro atoms. The zero-order valence-corrected chi connectivity index (χ0v) is 8.65. The molecule has 1 aromatic rings. The maximum absolute atomic E-state index is 5.88. The summed E-state index contributed by atoms with van der Waals surface area (Å²) in [6, 6.07) is 10.1. The van der Waals surface area contributed by atoms with Gasteiger partial charge in [0.2, 0.25) is 0 Å². The Morgan fingerprint density at radius 1 is 1.29 bits per heavy atom.